The molecular weight excluding hydrogens is 433 g/mol. The van der Waals surface area contributed by atoms with Crippen molar-refractivity contribution >= 4 is 35.1 Å². The van der Waals surface area contributed by atoms with Crippen LogP contribution in [-0.2, 0) is 6.61 Å². The van der Waals surface area contributed by atoms with Gasteiger partial charge in [-0.2, -0.15) is 0 Å². The molecule has 0 spiro atoms. The van der Waals surface area contributed by atoms with Gasteiger partial charge >= 0.3 is 0 Å². The van der Waals surface area contributed by atoms with Crippen molar-refractivity contribution in [1.82, 2.24) is 0 Å². The third-order valence-corrected chi connectivity index (χ3v) is 5.31. The zero-order valence-corrected chi connectivity index (χ0v) is 17.2. The highest BCUT2D eigenvalue weighted by Crippen LogP contribution is 2.38. The van der Waals surface area contributed by atoms with Crippen molar-refractivity contribution in [3.05, 3.63) is 98.2 Å². The van der Waals surface area contributed by atoms with Gasteiger partial charge in [0.25, 0.3) is 0 Å². The second kappa shape index (κ2) is 8.09. The molecular formula is C23H14Cl2F2O3. The van der Waals surface area contributed by atoms with Gasteiger partial charge in [0.1, 0.15) is 29.7 Å². The highest BCUT2D eigenvalue weighted by atomic mass is 35.5. The molecule has 0 atom stereocenters. The Hall–Kier alpha value is -2.89. The Balaban J connectivity index is 1.60. The van der Waals surface area contributed by atoms with Crippen LogP contribution in [0.1, 0.15) is 27.0 Å². The van der Waals surface area contributed by atoms with Crippen molar-refractivity contribution < 1.29 is 23.0 Å². The van der Waals surface area contributed by atoms with Crippen molar-refractivity contribution in [1.29, 1.82) is 0 Å². The smallest absolute Gasteiger partial charge is 0.232 e. The predicted octanol–water partition coefficient (Wildman–Crippen LogP) is 6.78. The summed E-state index contributed by atoms with van der Waals surface area (Å²) in [5, 5.41) is 0.429. The number of hydrogen-bond donors (Lipinski definition) is 0. The first-order valence-electron chi connectivity index (χ1n) is 8.93. The Morgan fingerprint density at radius 2 is 1.87 bits per heavy atom. The van der Waals surface area contributed by atoms with Gasteiger partial charge in [-0.1, -0.05) is 35.3 Å². The molecule has 0 saturated heterocycles. The lowest BCUT2D eigenvalue weighted by Gasteiger charge is -2.10. The van der Waals surface area contributed by atoms with Crippen molar-refractivity contribution in [3.8, 4) is 11.5 Å². The molecule has 1 aliphatic rings. The van der Waals surface area contributed by atoms with Crippen LogP contribution in [0.2, 0.25) is 10.0 Å². The summed E-state index contributed by atoms with van der Waals surface area (Å²) >= 11 is 12.1. The average Bonchev–Trinajstić information content (AvgIpc) is 3.00. The fourth-order valence-corrected chi connectivity index (χ4v) is 3.58. The number of ketones is 1. The van der Waals surface area contributed by atoms with Gasteiger partial charge in [0, 0.05) is 17.2 Å². The normalized spacial score (nSPS) is 14.0. The van der Waals surface area contributed by atoms with Crippen LogP contribution in [0.4, 0.5) is 8.78 Å². The average molecular weight is 447 g/mol. The quantitative estimate of drug-likeness (QED) is 0.414. The number of aryl methyl sites for hydroxylation is 1. The molecule has 0 radical (unpaired) electrons. The molecule has 0 amide bonds. The van der Waals surface area contributed by atoms with Crippen LogP contribution in [-0.4, -0.2) is 5.78 Å². The van der Waals surface area contributed by atoms with Gasteiger partial charge < -0.3 is 9.47 Å². The summed E-state index contributed by atoms with van der Waals surface area (Å²) in [4.78, 5) is 12.8. The molecule has 0 saturated carbocycles. The maximum Gasteiger partial charge on any atom is 0.232 e. The van der Waals surface area contributed by atoms with E-state index in [1.807, 2.05) is 0 Å². The number of carbonyl (C=O) groups excluding carboxylic acids is 1. The first-order chi connectivity index (χ1) is 14.3. The lowest BCUT2D eigenvalue weighted by Crippen LogP contribution is -2.01. The number of Topliss-reactive ketones (excluding diaryl/α,β-unsaturated/α-hetero) is 1. The summed E-state index contributed by atoms with van der Waals surface area (Å²) in [7, 11) is 0. The molecule has 152 valence electrons. The van der Waals surface area contributed by atoms with Crippen LogP contribution in [0, 0.1) is 18.6 Å². The summed E-state index contributed by atoms with van der Waals surface area (Å²) in [6.07, 6.45) is 1.29. The minimum atomic E-state index is -0.556. The Labute approximate surface area is 181 Å². The van der Waals surface area contributed by atoms with Crippen LogP contribution in [0.5, 0.6) is 11.5 Å². The van der Waals surface area contributed by atoms with Crippen LogP contribution < -0.4 is 9.47 Å². The minimum Gasteiger partial charge on any atom is -0.489 e. The zero-order valence-electron chi connectivity index (χ0n) is 15.6. The molecule has 0 N–H and O–H groups in total. The molecule has 3 aromatic carbocycles. The number of ether oxygens (including phenoxy) is 2. The zero-order chi connectivity index (χ0) is 21.4. The van der Waals surface area contributed by atoms with Gasteiger partial charge in [0.15, 0.2) is 5.76 Å². The lowest BCUT2D eigenvalue weighted by molar-refractivity contribution is 0.101. The first kappa shape index (κ1) is 20.4. The SMILES string of the molecule is Cc1cc(OCc2ccc(F)cc2Cl)cc2c1C(=O)/C(=C/c1c(F)cccc1Cl)O2. The van der Waals surface area contributed by atoms with Crippen LogP contribution >= 0.6 is 23.2 Å². The van der Waals surface area contributed by atoms with Gasteiger partial charge in [-0.3, -0.25) is 4.79 Å². The van der Waals surface area contributed by atoms with Crippen molar-refractivity contribution in [2.24, 2.45) is 0 Å². The van der Waals surface area contributed by atoms with E-state index in [-0.39, 0.29) is 33.8 Å². The van der Waals surface area contributed by atoms with E-state index in [9.17, 15) is 13.6 Å². The molecule has 3 aromatic rings. The number of carbonyl (C=O) groups is 1. The Morgan fingerprint density at radius 3 is 2.60 bits per heavy atom. The van der Waals surface area contributed by atoms with Gasteiger partial charge in [0.05, 0.1) is 15.6 Å². The summed E-state index contributed by atoms with van der Waals surface area (Å²) in [6, 6.07) is 11.6. The summed E-state index contributed by atoms with van der Waals surface area (Å²) in [5.41, 5.74) is 1.71. The van der Waals surface area contributed by atoms with Crippen LogP contribution in [0.25, 0.3) is 6.08 Å². The monoisotopic (exact) mass is 446 g/mol. The molecule has 0 bridgehead atoms. The third-order valence-electron chi connectivity index (χ3n) is 4.63. The van der Waals surface area contributed by atoms with Gasteiger partial charge in [0.2, 0.25) is 5.78 Å². The van der Waals surface area contributed by atoms with E-state index in [0.717, 1.165) is 0 Å². The van der Waals surface area contributed by atoms with Crippen LogP contribution in [0.3, 0.4) is 0 Å². The Morgan fingerprint density at radius 1 is 1.07 bits per heavy atom. The standard InChI is InChI=1S/C23H14Cl2F2O3/c1-12-7-15(29-11-13-5-6-14(26)8-18(13)25)9-20-22(12)23(28)21(30-20)10-16-17(24)3-2-4-19(16)27/h2-10H,11H2,1H3/b21-10-. The van der Waals surface area contributed by atoms with Crippen molar-refractivity contribution in [2.45, 2.75) is 13.5 Å². The van der Waals surface area contributed by atoms with E-state index < -0.39 is 11.6 Å². The molecule has 0 aliphatic carbocycles. The second-order valence-electron chi connectivity index (χ2n) is 6.71. The summed E-state index contributed by atoms with van der Waals surface area (Å²) in [5.74, 6) is -0.630. The number of benzene rings is 3. The molecule has 0 fully saturated rings. The second-order valence-corrected chi connectivity index (χ2v) is 7.53. The molecule has 30 heavy (non-hydrogen) atoms. The van der Waals surface area contributed by atoms with E-state index in [4.69, 9.17) is 32.7 Å². The first-order valence-corrected chi connectivity index (χ1v) is 9.68. The highest BCUT2D eigenvalue weighted by Gasteiger charge is 2.30. The van der Waals surface area contributed by atoms with E-state index in [0.29, 0.717) is 28.2 Å². The topological polar surface area (TPSA) is 35.5 Å². The predicted molar refractivity (Wildman–Crippen MR) is 111 cm³/mol. The maximum atomic E-state index is 14.1. The van der Waals surface area contributed by atoms with E-state index in [1.54, 1.807) is 19.1 Å². The van der Waals surface area contributed by atoms with E-state index in [1.165, 1.54) is 42.5 Å². The molecule has 7 heteroatoms. The third kappa shape index (κ3) is 3.91. The Kier molecular flexibility index (Phi) is 5.50. The summed E-state index contributed by atoms with van der Waals surface area (Å²) < 4.78 is 38.7. The molecule has 4 rings (SSSR count). The summed E-state index contributed by atoms with van der Waals surface area (Å²) in [6.45, 7) is 1.86. The highest BCUT2D eigenvalue weighted by molar-refractivity contribution is 6.32. The maximum absolute atomic E-state index is 14.1. The van der Waals surface area contributed by atoms with Crippen molar-refractivity contribution in [2.75, 3.05) is 0 Å². The van der Waals surface area contributed by atoms with E-state index in [2.05, 4.69) is 0 Å². The van der Waals surface area contributed by atoms with Crippen molar-refractivity contribution in [3.63, 3.8) is 0 Å². The van der Waals surface area contributed by atoms with Gasteiger partial charge in [-0.05, 0) is 48.9 Å². The fourth-order valence-electron chi connectivity index (χ4n) is 3.14. The molecule has 3 nitrogen and oxygen atoms in total. The molecule has 0 unspecified atom stereocenters. The lowest BCUT2D eigenvalue weighted by atomic mass is 10.0. The molecule has 0 aromatic heterocycles. The van der Waals surface area contributed by atoms with Gasteiger partial charge in [-0.15, -0.1) is 0 Å². The number of hydrogen-bond acceptors (Lipinski definition) is 3. The number of halogens is 4. The number of rotatable bonds is 4. The number of fused-ring (bicyclic) bond motifs is 1. The fraction of sp³-hybridized carbons (Fsp3) is 0.0870. The van der Waals surface area contributed by atoms with Gasteiger partial charge in [-0.25, -0.2) is 8.78 Å². The van der Waals surface area contributed by atoms with E-state index >= 15 is 0 Å². The number of allylic oxidation sites excluding steroid dienone is 1. The molecule has 1 aliphatic heterocycles. The molecule has 1 heterocycles. The largest absolute Gasteiger partial charge is 0.489 e. The van der Waals surface area contributed by atoms with Crippen LogP contribution in [0.15, 0.2) is 54.3 Å². The Bertz CT molecular complexity index is 1190. The minimum absolute atomic E-state index is 0.0289.